The van der Waals surface area contributed by atoms with Gasteiger partial charge in [0.15, 0.2) is 0 Å². The van der Waals surface area contributed by atoms with Crippen molar-refractivity contribution in [2.75, 3.05) is 13.2 Å². The number of aromatic nitrogens is 1. The van der Waals surface area contributed by atoms with Crippen LogP contribution < -0.4 is 10.5 Å². The van der Waals surface area contributed by atoms with E-state index in [9.17, 15) is 13.2 Å². The molecular weight excluding hydrogens is 273 g/mol. The molecule has 0 saturated carbocycles. The molecule has 0 radical (unpaired) electrons. The number of hydrogen-bond acceptors (Lipinski definition) is 4. The molecular formula is C13H19F3N2O2. The Morgan fingerprint density at radius 2 is 2.00 bits per heavy atom. The number of nitrogens with zero attached hydrogens (tertiary/aromatic N) is 1. The van der Waals surface area contributed by atoms with E-state index in [-0.39, 0.29) is 12.6 Å². The highest BCUT2D eigenvalue weighted by Gasteiger charge is 2.28. The molecule has 0 fully saturated rings. The van der Waals surface area contributed by atoms with E-state index in [0.717, 1.165) is 12.1 Å². The molecule has 1 rings (SSSR count). The Morgan fingerprint density at radius 3 is 2.60 bits per heavy atom. The minimum atomic E-state index is -4.64. The van der Waals surface area contributed by atoms with Crippen LogP contribution in [0, 0.1) is 6.92 Å². The highest BCUT2D eigenvalue weighted by Crippen LogP contribution is 2.20. The van der Waals surface area contributed by atoms with Gasteiger partial charge < -0.3 is 10.5 Å². The molecule has 20 heavy (non-hydrogen) atoms. The molecule has 2 N–H and O–H groups in total. The van der Waals surface area contributed by atoms with Crippen LogP contribution in [0.25, 0.3) is 0 Å². The lowest BCUT2D eigenvalue weighted by Crippen LogP contribution is -2.23. The number of hydrogen-bond donors (Lipinski definition) is 1. The van der Waals surface area contributed by atoms with Gasteiger partial charge in [-0.3, -0.25) is 9.72 Å². The largest absolute Gasteiger partial charge is 0.522 e. The summed E-state index contributed by atoms with van der Waals surface area (Å²) in [6.07, 6.45) is -3.33. The number of alkyl halides is 3. The van der Waals surface area contributed by atoms with Crippen LogP contribution in [0.2, 0.25) is 0 Å². The van der Waals surface area contributed by atoms with Gasteiger partial charge in [0.05, 0.1) is 12.3 Å². The summed E-state index contributed by atoms with van der Waals surface area (Å²) >= 11 is 0. The third-order valence-electron chi connectivity index (χ3n) is 2.66. The predicted octanol–water partition coefficient (Wildman–Crippen LogP) is 2.59. The van der Waals surface area contributed by atoms with Gasteiger partial charge in [0.2, 0.25) is 0 Å². The SMILES string of the molecule is CCC(N)Cc1nc(C)ccc1OCCOC(F)(F)F. The summed E-state index contributed by atoms with van der Waals surface area (Å²) < 4.78 is 44.4. The van der Waals surface area contributed by atoms with Crippen molar-refractivity contribution in [1.82, 2.24) is 4.98 Å². The van der Waals surface area contributed by atoms with Gasteiger partial charge in [-0.2, -0.15) is 0 Å². The van der Waals surface area contributed by atoms with Gasteiger partial charge in [-0.1, -0.05) is 6.92 Å². The highest BCUT2D eigenvalue weighted by molar-refractivity contribution is 5.30. The lowest BCUT2D eigenvalue weighted by atomic mass is 10.1. The molecule has 1 atom stereocenters. The van der Waals surface area contributed by atoms with Crippen LogP contribution in [0.15, 0.2) is 12.1 Å². The van der Waals surface area contributed by atoms with Crippen molar-refractivity contribution in [1.29, 1.82) is 0 Å². The molecule has 0 aliphatic carbocycles. The number of halogens is 3. The van der Waals surface area contributed by atoms with E-state index in [2.05, 4.69) is 9.72 Å². The summed E-state index contributed by atoms with van der Waals surface area (Å²) in [6, 6.07) is 3.37. The summed E-state index contributed by atoms with van der Waals surface area (Å²) in [5, 5.41) is 0. The standard InChI is InChI=1S/C13H19F3N2O2/c1-3-10(17)8-11-12(5-4-9(2)18-11)19-6-7-20-13(14,15)16/h4-5,10H,3,6-8,17H2,1-2H3. The predicted molar refractivity (Wildman–Crippen MR) is 68.4 cm³/mol. The molecule has 0 amide bonds. The molecule has 0 aliphatic heterocycles. The third-order valence-corrected chi connectivity index (χ3v) is 2.66. The lowest BCUT2D eigenvalue weighted by Gasteiger charge is -2.14. The second-order valence-electron chi connectivity index (χ2n) is 4.41. The summed E-state index contributed by atoms with van der Waals surface area (Å²) in [4.78, 5) is 4.32. The van der Waals surface area contributed by atoms with Gasteiger partial charge >= 0.3 is 6.36 Å². The van der Waals surface area contributed by atoms with Crippen LogP contribution in [0.1, 0.15) is 24.7 Å². The smallest absolute Gasteiger partial charge is 0.489 e. The molecule has 1 unspecified atom stereocenters. The second-order valence-corrected chi connectivity index (χ2v) is 4.41. The number of pyridine rings is 1. The molecule has 0 aromatic carbocycles. The summed E-state index contributed by atoms with van der Waals surface area (Å²) in [7, 11) is 0. The van der Waals surface area contributed by atoms with E-state index in [1.165, 1.54) is 0 Å². The van der Waals surface area contributed by atoms with E-state index in [1.54, 1.807) is 12.1 Å². The van der Waals surface area contributed by atoms with Gasteiger partial charge in [0.1, 0.15) is 12.4 Å². The lowest BCUT2D eigenvalue weighted by molar-refractivity contribution is -0.325. The maximum Gasteiger partial charge on any atom is 0.522 e. The highest BCUT2D eigenvalue weighted by atomic mass is 19.4. The Labute approximate surface area is 116 Å². The van der Waals surface area contributed by atoms with Crippen molar-refractivity contribution in [3.63, 3.8) is 0 Å². The van der Waals surface area contributed by atoms with Gasteiger partial charge in [-0.25, -0.2) is 0 Å². The Bertz CT molecular complexity index is 425. The van der Waals surface area contributed by atoms with Gasteiger partial charge in [0.25, 0.3) is 0 Å². The van der Waals surface area contributed by atoms with Crippen LogP contribution in [0.5, 0.6) is 5.75 Å². The maximum atomic E-state index is 11.8. The van der Waals surface area contributed by atoms with Crippen molar-refractivity contribution in [3.8, 4) is 5.75 Å². The normalized spacial score (nSPS) is 13.3. The Hall–Kier alpha value is -1.34. The average molecular weight is 292 g/mol. The van der Waals surface area contributed by atoms with Crippen molar-refractivity contribution in [2.45, 2.75) is 39.1 Å². The van der Waals surface area contributed by atoms with Gasteiger partial charge in [-0.15, -0.1) is 13.2 Å². The fourth-order valence-electron chi connectivity index (χ4n) is 1.58. The number of rotatable bonds is 7. The van der Waals surface area contributed by atoms with Crippen LogP contribution >= 0.6 is 0 Å². The van der Waals surface area contributed by atoms with E-state index < -0.39 is 13.0 Å². The molecule has 1 aromatic heterocycles. The van der Waals surface area contributed by atoms with E-state index in [1.807, 2.05) is 13.8 Å². The molecule has 7 heteroatoms. The number of ether oxygens (including phenoxy) is 2. The van der Waals surface area contributed by atoms with Crippen molar-refractivity contribution in [3.05, 3.63) is 23.5 Å². The average Bonchev–Trinajstić information content (AvgIpc) is 2.35. The fraction of sp³-hybridized carbons (Fsp3) is 0.615. The summed E-state index contributed by atoms with van der Waals surface area (Å²) in [5.41, 5.74) is 7.33. The van der Waals surface area contributed by atoms with Gasteiger partial charge in [-0.05, 0) is 25.5 Å². The van der Waals surface area contributed by atoms with Gasteiger partial charge in [0, 0.05) is 18.2 Å². The number of nitrogens with two attached hydrogens (primary N) is 1. The first-order valence-electron chi connectivity index (χ1n) is 6.37. The van der Waals surface area contributed by atoms with Crippen LogP contribution in [-0.4, -0.2) is 30.6 Å². The second kappa shape index (κ2) is 7.44. The molecule has 0 aliphatic rings. The zero-order valence-electron chi connectivity index (χ0n) is 11.5. The first kappa shape index (κ1) is 16.7. The van der Waals surface area contributed by atoms with Crippen LogP contribution in [0.4, 0.5) is 13.2 Å². The molecule has 0 bridgehead atoms. The quantitative estimate of drug-likeness (QED) is 0.785. The Balaban J connectivity index is 2.60. The molecule has 114 valence electrons. The van der Waals surface area contributed by atoms with E-state index in [0.29, 0.717) is 17.9 Å². The molecule has 1 heterocycles. The third kappa shape index (κ3) is 6.21. The Morgan fingerprint density at radius 1 is 1.30 bits per heavy atom. The Kier molecular flexibility index (Phi) is 6.22. The van der Waals surface area contributed by atoms with Crippen molar-refractivity contribution in [2.24, 2.45) is 5.73 Å². The van der Waals surface area contributed by atoms with Crippen LogP contribution in [0.3, 0.4) is 0 Å². The number of aryl methyl sites for hydroxylation is 1. The molecule has 0 saturated heterocycles. The first-order chi connectivity index (χ1) is 9.31. The van der Waals surface area contributed by atoms with Crippen LogP contribution in [-0.2, 0) is 11.2 Å². The maximum absolute atomic E-state index is 11.8. The van der Waals surface area contributed by atoms with E-state index >= 15 is 0 Å². The monoisotopic (exact) mass is 292 g/mol. The summed E-state index contributed by atoms with van der Waals surface area (Å²) in [6.45, 7) is 3.03. The molecule has 1 aromatic rings. The fourth-order valence-corrected chi connectivity index (χ4v) is 1.58. The van der Waals surface area contributed by atoms with E-state index in [4.69, 9.17) is 10.5 Å². The zero-order chi connectivity index (χ0) is 15.2. The molecule has 4 nitrogen and oxygen atoms in total. The first-order valence-corrected chi connectivity index (χ1v) is 6.37. The molecule has 0 spiro atoms. The summed E-state index contributed by atoms with van der Waals surface area (Å²) in [5.74, 6) is 0.449. The topological polar surface area (TPSA) is 57.4 Å². The zero-order valence-corrected chi connectivity index (χ0v) is 11.5. The minimum Gasteiger partial charge on any atom is -0.489 e. The minimum absolute atomic E-state index is 0.0573. The van der Waals surface area contributed by atoms with Crippen molar-refractivity contribution >= 4 is 0 Å². The van der Waals surface area contributed by atoms with Crippen molar-refractivity contribution < 1.29 is 22.6 Å².